The van der Waals surface area contributed by atoms with Crippen molar-refractivity contribution < 1.29 is 0 Å². The Morgan fingerprint density at radius 1 is 1.47 bits per heavy atom. The van der Waals surface area contributed by atoms with Crippen molar-refractivity contribution in [3.05, 3.63) is 29.3 Å². The maximum Gasteiger partial charge on any atom is 0.0414 e. The van der Waals surface area contributed by atoms with E-state index in [2.05, 4.69) is 54.0 Å². The Labute approximate surface area is 109 Å². The Bertz CT molecular complexity index is 378. The molecule has 0 radical (unpaired) electrons. The summed E-state index contributed by atoms with van der Waals surface area (Å²) in [5.41, 5.74) is 4.18. The highest BCUT2D eigenvalue weighted by atomic mass is 32.2. The van der Waals surface area contributed by atoms with Gasteiger partial charge in [-0.15, -0.1) is 0 Å². The smallest absolute Gasteiger partial charge is 0.0414 e. The summed E-state index contributed by atoms with van der Waals surface area (Å²) < 4.78 is 0. The van der Waals surface area contributed by atoms with Crippen LogP contribution in [-0.4, -0.2) is 31.1 Å². The molecule has 1 N–H and O–H groups in total. The number of aryl methyl sites for hydroxylation is 1. The van der Waals surface area contributed by atoms with Gasteiger partial charge in [-0.25, -0.2) is 0 Å². The van der Waals surface area contributed by atoms with Gasteiger partial charge >= 0.3 is 0 Å². The number of rotatable bonds is 3. The van der Waals surface area contributed by atoms with Gasteiger partial charge in [0, 0.05) is 36.3 Å². The van der Waals surface area contributed by atoms with E-state index in [-0.39, 0.29) is 0 Å². The first-order valence-electron chi connectivity index (χ1n) is 6.31. The summed E-state index contributed by atoms with van der Waals surface area (Å²) in [6, 6.07) is 7.46. The van der Waals surface area contributed by atoms with E-state index in [9.17, 15) is 0 Å². The van der Waals surface area contributed by atoms with Gasteiger partial charge in [-0.05, 0) is 32.5 Å². The van der Waals surface area contributed by atoms with Crippen LogP contribution in [0.5, 0.6) is 0 Å². The highest BCUT2D eigenvalue weighted by molar-refractivity contribution is 7.99. The average molecular weight is 250 g/mol. The van der Waals surface area contributed by atoms with Crippen LogP contribution < -0.4 is 10.2 Å². The van der Waals surface area contributed by atoms with Crippen molar-refractivity contribution in [2.45, 2.75) is 26.4 Å². The lowest BCUT2D eigenvalue weighted by Gasteiger charge is -2.36. The molecular formula is C14H22N2S. The van der Waals surface area contributed by atoms with Gasteiger partial charge in [0.05, 0.1) is 0 Å². The molecule has 0 amide bonds. The van der Waals surface area contributed by atoms with Gasteiger partial charge in [0.25, 0.3) is 0 Å². The Morgan fingerprint density at radius 3 is 3.00 bits per heavy atom. The van der Waals surface area contributed by atoms with E-state index >= 15 is 0 Å². The van der Waals surface area contributed by atoms with Crippen molar-refractivity contribution >= 4 is 17.4 Å². The fraction of sp³-hybridized carbons (Fsp3) is 0.571. The highest BCUT2D eigenvalue weighted by Gasteiger charge is 2.20. The number of hydrogen-bond acceptors (Lipinski definition) is 3. The zero-order chi connectivity index (χ0) is 12.3. The second-order valence-electron chi connectivity index (χ2n) is 4.78. The quantitative estimate of drug-likeness (QED) is 0.888. The molecule has 2 nitrogen and oxygen atoms in total. The van der Waals surface area contributed by atoms with E-state index in [0.717, 1.165) is 6.54 Å². The van der Waals surface area contributed by atoms with Crippen molar-refractivity contribution in [3.8, 4) is 0 Å². The molecule has 0 aromatic heterocycles. The highest BCUT2D eigenvalue weighted by Crippen LogP contribution is 2.28. The average Bonchev–Trinajstić information content (AvgIpc) is 2.31. The van der Waals surface area contributed by atoms with Gasteiger partial charge < -0.3 is 10.2 Å². The topological polar surface area (TPSA) is 15.3 Å². The van der Waals surface area contributed by atoms with Crippen molar-refractivity contribution in [1.29, 1.82) is 0 Å². The molecule has 1 heterocycles. The van der Waals surface area contributed by atoms with E-state index < -0.39 is 0 Å². The summed E-state index contributed by atoms with van der Waals surface area (Å²) in [5, 5.41) is 3.27. The maximum atomic E-state index is 3.27. The molecule has 1 atom stereocenters. The van der Waals surface area contributed by atoms with Crippen molar-refractivity contribution in [1.82, 2.24) is 5.32 Å². The molecule has 0 bridgehead atoms. The molecular weight excluding hydrogens is 228 g/mol. The third-order valence-electron chi connectivity index (χ3n) is 3.28. The molecule has 3 heteroatoms. The molecule has 94 valence electrons. The van der Waals surface area contributed by atoms with Crippen LogP contribution in [0.15, 0.2) is 18.2 Å². The number of anilines is 1. The minimum Gasteiger partial charge on any atom is -0.367 e. The van der Waals surface area contributed by atoms with E-state index in [4.69, 9.17) is 0 Å². The second kappa shape index (κ2) is 5.78. The lowest BCUT2D eigenvalue weighted by molar-refractivity contribution is 0.690. The molecule has 1 saturated heterocycles. The minimum atomic E-state index is 0.645. The molecule has 0 saturated carbocycles. The fourth-order valence-electron chi connectivity index (χ4n) is 2.41. The van der Waals surface area contributed by atoms with Crippen LogP contribution in [-0.2, 0) is 6.54 Å². The number of thioether (sulfide) groups is 1. The minimum absolute atomic E-state index is 0.645. The van der Waals surface area contributed by atoms with Crippen molar-refractivity contribution in [2.24, 2.45) is 0 Å². The van der Waals surface area contributed by atoms with Crippen LogP contribution in [0, 0.1) is 6.92 Å². The lowest BCUT2D eigenvalue weighted by atomic mass is 10.1. The van der Waals surface area contributed by atoms with Crippen LogP contribution >= 0.6 is 11.8 Å². The molecule has 1 aliphatic heterocycles. The predicted molar refractivity (Wildman–Crippen MR) is 78.1 cm³/mol. The molecule has 1 aromatic carbocycles. The van der Waals surface area contributed by atoms with Crippen molar-refractivity contribution in [3.63, 3.8) is 0 Å². The van der Waals surface area contributed by atoms with E-state index in [1.807, 2.05) is 7.05 Å². The van der Waals surface area contributed by atoms with Gasteiger partial charge in [0.2, 0.25) is 0 Å². The van der Waals surface area contributed by atoms with E-state index in [1.165, 1.54) is 34.9 Å². The van der Waals surface area contributed by atoms with E-state index in [0.29, 0.717) is 6.04 Å². The second-order valence-corrected chi connectivity index (χ2v) is 5.93. The van der Waals surface area contributed by atoms with Gasteiger partial charge in [-0.3, -0.25) is 0 Å². The van der Waals surface area contributed by atoms with Gasteiger partial charge in [-0.2, -0.15) is 11.8 Å². The largest absolute Gasteiger partial charge is 0.367 e. The first-order valence-corrected chi connectivity index (χ1v) is 7.46. The van der Waals surface area contributed by atoms with Crippen LogP contribution in [0.25, 0.3) is 0 Å². The fourth-order valence-corrected chi connectivity index (χ4v) is 3.43. The summed E-state index contributed by atoms with van der Waals surface area (Å²) in [7, 11) is 2.02. The molecule has 0 aliphatic carbocycles. The Morgan fingerprint density at radius 2 is 2.29 bits per heavy atom. The van der Waals surface area contributed by atoms with Crippen LogP contribution in [0.3, 0.4) is 0 Å². The molecule has 1 aromatic rings. The third-order valence-corrected chi connectivity index (χ3v) is 4.47. The van der Waals surface area contributed by atoms with Gasteiger partial charge in [-0.1, -0.05) is 17.7 Å². The Hall–Kier alpha value is -0.670. The summed E-state index contributed by atoms with van der Waals surface area (Å²) in [6.07, 6.45) is 0. The molecule has 17 heavy (non-hydrogen) atoms. The van der Waals surface area contributed by atoms with Crippen LogP contribution in [0.2, 0.25) is 0 Å². The summed E-state index contributed by atoms with van der Waals surface area (Å²) in [5.74, 6) is 2.49. The molecule has 0 spiro atoms. The van der Waals surface area contributed by atoms with Crippen molar-refractivity contribution in [2.75, 3.05) is 30.0 Å². The van der Waals surface area contributed by atoms with Gasteiger partial charge in [0.15, 0.2) is 0 Å². The predicted octanol–water partition coefficient (Wildman–Crippen LogP) is 2.66. The Kier molecular flexibility index (Phi) is 4.35. The molecule has 1 unspecified atom stereocenters. The number of nitrogens with zero attached hydrogens (tertiary/aromatic N) is 1. The maximum absolute atomic E-state index is 3.27. The SMILES string of the molecule is CNCc1cc(C)ccc1N1CCSCC1C. The first kappa shape index (κ1) is 12.8. The number of nitrogens with one attached hydrogen (secondary N) is 1. The van der Waals surface area contributed by atoms with E-state index in [1.54, 1.807) is 0 Å². The summed E-state index contributed by atoms with van der Waals surface area (Å²) in [6.45, 7) is 6.62. The van der Waals surface area contributed by atoms with Gasteiger partial charge in [0.1, 0.15) is 0 Å². The first-order chi connectivity index (χ1) is 8.22. The zero-order valence-corrected chi connectivity index (χ0v) is 11.8. The third kappa shape index (κ3) is 2.96. The van der Waals surface area contributed by atoms with Crippen LogP contribution in [0.1, 0.15) is 18.1 Å². The number of hydrogen-bond donors (Lipinski definition) is 1. The molecule has 1 fully saturated rings. The number of benzene rings is 1. The zero-order valence-electron chi connectivity index (χ0n) is 11.0. The lowest BCUT2D eigenvalue weighted by Crippen LogP contribution is -2.41. The summed E-state index contributed by atoms with van der Waals surface area (Å²) in [4.78, 5) is 2.56. The molecule has 1 aliphatic rings. The monoisotopic (exact) mass is 250 g/mol. The Balaban J connectivity index is 2.29. The molecule has 2 rings (SSSR count). The van der Waals surface area contributed by atoms with Crippen LogP contribution in [0.4, 0.5) is 5.69 Å². The normalized spacial score (nSPS) is 20.6. The summed E-state index contributed by atoms with van der Waals surface area (Å²) >= 11 is 2.07. The standard InChI is InChI=1S/C14H22N2S/c1-11-4-5-14(13(8-11)9-15-3)16-6-7-17-10-12(16)2/h4-5,8,12,15H,6-7,9-10H2,1-3H3.